The zero-order valence-corrected chi connectivity index (χ0v) is 64.7. The normalized spacial score (nSPS) is 9.99. The second-order valence-electron chi connectivity index (χ2n) is 20.5. The number of aliphatic hydroxyl groups is 2. The number of aromatic carboxylic acids is 1. The van der Waals surface area contributed by atoms with Gasteiger partial charge in [0, 0.05) is 216 Å². The number of pyridine rings is 6. The molecule has 0 unspecified atom stereocenters. The molecule has 0 saturated carbocycles. The van der Waals surface area contributed by atoms with Crippen molar-refractivity contribution in [3.63, 3.8) is 0 Å². The predicted octanol–water partition coefficient (Wildman–Crippen LogP) is 15.4. The molecule has 0 saturated heterocycles. The molecule has 3 N–H and O–H groups in total. The molecule has 0 aliphatic carbocycles. The Labute approximate surface area is 630 Å². The minimum Gasteiger partial charge on any atom is -0.512 e. The van der Waals surface area contributed by atoms with Gasteiger partial charge in [0.15, 0.2) is 5.78 Å². The van der Waals surface area contributed by atoms with Crippen LogP contribution in [0.5, 0.6) is 0 Å². The van der Waals surface area contributed by atoms with E-state index in [1.165, 1.54) is 41.5 Å². The van der Waals surface area contributed by atoms with Gasteiger partial charge >= 0.3 is 5.97 Å². The van der Waals surface area contributed by atoms with Crippen LogP contribution in [0.15, 0.2) is 207 Å². The van der Waals surface area contributed by atoms with Crippen LogP contribution in [0.4, 0.5) is 40.8 Å². The molecule has 5 radical (unpaired) electrons. The Hall–Kier alpha value is -7.88. The molecule has 525 valence electrons. The van der Waals surface area contributed by atoms with Crippen LogP contribution in [0.25, 0.3) is 50.7 Å². The average Bonchev–Trinajstić information content (AvgIpc) is 1.11. The number of carboxylic acid groups (broad SMARTS) is 1. The molecule has 11 aromatic rings. The van der Waals surface area contributed by atoms with Crippen LogP contribution in [0, 0.1) is 88.5 Å². The first-order valence-electron chi connectivity index (χ1n) is 27.8. The summed E-state index contributed by atoms with van der Waals surface area (Å²) in [5.74, 6) is -6.65. The third-order valence-electron chi connectivity index (χ3n) is 11.9. The van der Waals surface area contributed by atoms with Crippen molar-refractivity contribution in [2.75, 3.05) is 19.0 Å². The molecule has 14 nitrogen and oxygen atoms in total. The smallest absolute Gasteiger partial charge is 0.354 e. The van der Waals surface area contributed by atoms with E-state index in [1.54, 1.807) is 79.4 Å². The summed E-state index contributed by atoms with van der Waals surface area (Å²) >= 11 is 0. The molecule has 0 aliphatic heterocycles. The van der Waals surface area contributed by atoms with Crippen molar-refractivity contribution < 1.29 is 161 Å². The van der Waals surface area contributed by atoms with Crippen molar-refractivity contribution in [3.8, 4) is 50.7 Å². The van der Waals surface area contributed by atoms with E-state index in [0.29, 0.717) is 22.6 Å². The maximum Gasteiger partial charge on any atom is 0.354 e. The minimum absolute atomic E-state index is 0. The van der Waals surface area contributed by atoms with Crippen LogP contribution in [0.3, 0.4) is 0 Å². The zero-order valence-electron chi connectivity index (χ0n) is 52.7. The fraction of sp³-hybridized carbons (Fsp3) is 0.141. The first-order chi connectivity index (χ1) is 44.3. The van der Waals surface area contributed by atoms with Gasteiger partial charge in [0.1, 0.15) is 17.6 Å². The summed E-state index contributed by atoms with van der Waals surface area (Å²) in [6, 6.07) is 51.5. The number of ketones is 1. The van der Waals surface area contributed by atoms with Gasteiger partial charge in [-0.25, -0.2) is 18.6 Å². The number of halogens is 8. The van der Waals surface area contributed by atoms with Crippen LogP contribution in [-0.2, 0) is 112 Å². The Kier molecular flexibility index (Phi) is 42.7. The van der Waals surface area contributed by atoms with Gasteiger partial charge in [-0.2, -0.15) is 11.2 Å². The molecule has 98 heavy (non-hydrogen) atoms. The number of hydrogen-bond donors (Lipinski definition) is 3. The van der Waals surface area contributed by atoms with E-state index in [9.17, 15) is 49.8 Å². The van der Waals surface area contributed by atoms with Gasteiger partial charge in [-0.1, -0.05) is 112 Å². The fourth-order valence-electron chi connectivity index (χ4n) is 6.99. The molecule has 7 heterocycles. The van der Waals surface area contributed by atoms with Gasteiger partial charge in [-0.3, -0.25) is 40.8 Å². The van der Waals surface area contributed by atoms with E-state index in [4.69, 9.17) is 10.2 Å². The quantitative estimate of drug-likeness (QED) is 0.0385. The van der Waals surface area contributed by atoms with Crippen molar-refractivity contribution in [2.24, 2.45) is 11.3 Å². The van der Waals surface area contributed by atoms with Crippen molar-refractivity contribution in [2.45, 2.75) is 41.2 Å². The number of carbonyl (C=O) groups excluding carboxylic acids is 1. The summed E-state index contributed by atoms with van der Waals surface area (Å²) in [5.41, 5.74) is 4.78. The largest absolute Gasteiger partial charge is 0.512 e. The van der Waals surface area contributed by atoms with Gasteiger partial charge in [-0.05, 0) is 76.5 Å². The maximum absolute atomic E-state index is 13.4. The van der Waals surface area contributed by atoms with E-state index >= 15 is 0 Å². The third kappa shape index (κ3) is 30.9. The maximum atomic E-state index is 13.4. The molecule has 0 spiro atoms. The minimum atomic E-state index is -0.990. The van der Waals surface area contributed by atoms with Gasteiger partial charge < -0.3 is 40.2 Å². The van der Waals surface area contributed by atoms with Crippen LogP contribution in [-0.4, -0.2) is 80.9 Å². The standard InChI is InChI=1S/C12H10F2N3.C12H8F2NO.C11H6F2N.C11H8N.C10H18O2.C9H5F2N2.C6H5NO2.5Ir/c1-17(2)8-5-6-15-10(7-8)9-3-4-11(13)16-12(9)14;13-9-1-2-10(11(14)6-9)12-5-8(7-16)3-4-15-12;12-8-4-5-9(10(13)7-8)11-3-1-2-6-14-11;1-2-6-10(7-3-1)11-8-4-5-9-12-11;1-7(2)8(11)6-9(12)10(3,4)5;10-7-2-3-9(8(11)6-7)13-5-1-4-12-13;8-6(9)5-3-1-2-4-7-5;;;;;/h4-7H,1-2H3;1,3-6,16H,7H2;1-4,6-7H;1-6,8-9H;6-7,11H,1-5H3;1-2,4-6H;1-4H,(H,8,9);;;;;/q4*-1;;-1;;;;;;. The number of carboxylic acids is 1. The zero-order chi connectivity index (χ0) is 68.0. The van der Waals surface area contributed by atoms with E-state index in [1.807, 2.05) is 96.1 Å². The second kappa shape index (κ2) is 46.4. The van der Waals surface area contributed by atoms with E-state index < -0.39 is 58.2 Å². The number of carbonyl (C=O) groups is 2. The van der Waals surface area contributed by atoms with Crippen molar-refractivity contribution in [1.29, 1.82) is 0 Å². The van der Waals surface area contributed by atoms with Gasteiger partial charge in [0.25, 0.3) is 0 Å². The molecule has 11 rings (SSSR count). The van der Waals surface area contributed by atoms with E-state index in [0.717, 1.165) is 59.4 Å². The average molecular weight is 2230 g/mol. The molecule has 0 fully saturated rings. The first-order valence-corrected chi connectivity index (χ1v) is 27.8. The Balaban J connectivity index is 0.00000112. The molecule has 0 atom stereocenters. The van der Waals surface area contributed by atoms with Gasteiger partial charge in [-0.15, -0.1) is 78.4 Å². The van der Waals surface area contributed by atoms with E-state index in [2.05, 4.69) is 65.3 Å². The molecular formula is C71H60F8Ir5N9O5-5. The number of rotatable bonds is 10. The van der Waals surface area contributed by atoms with Crippen molar-refractivity contribution in [3.05, 3.63) is 295 Å². The van der Waals surface area contributed by atoms with Gasteiger partial charge in [0.05, 0.1) is 12.4 Å². The van der Waals surface area contributed by atoms with E-state index in [-0.39, 0.29) is 153 Å². The molecule has 4 aromatic carbocycles. The number of anilines is 1. The molecule has 7 aromatic heterocycles. The Morgan fingerprint density at radius 3 is 1.51 bits per heavy atom. The monoisotopic (exact) mass is 2240 g/mol. The summed E-state index contributed by atoms with van der Waals surface area (Å²) in [6.45, 7) is 9.04. The topological polar surface area (TPSA) is 193 Å². The molecule has 0 aliphatic rings. The van der Waals surface area contributed by atoms with Crippen LogP contribution >= 0.6 is 0 Å². The summed E-state index contributed by atoms with van der Waals surface area (Å²) in [7, 11) is 3.73. The summed E-state index contributed by atoms with van der Waals surface area (Å²) in [4.78, 5) is 46.2. The number of aliphatic hydroxyl groups excluding tert-OH is 2. The molecular weight excluding hydrogens is 2170 g/mol. The summed E-state index contributed by atoms with van der Waals surface area (Å²) < 4.78 is 105. The first kappa shape index (κ1) is 90.1. The van der Waals surface area contributed by atoms with Crippen LogP contribution in [0.2, 0.25) is 0 Å². The number of hydrogen-bond acceptors (Lipinski definition) is 12. The third-order valence-corrected chi connectivity index (χ3v) is 11.9. The van der Waals surface area contributed by atoms with Crippen molar-refractivity contribution >= 4 is 17.4 Å². The van der Waals surface area contributed by atoms with Crippen LogP contribution < -0.4 is 4.90 Å². The number of benzene rings is 4. The number of nitrogens with zero attached hydrogens (tertiary/aromatic N) is 9. The Morgan fingerprint density at radius 2 is 1.06 bits per heavy atom. The molecule has 27 heteroatoms. The second-order valence-corrected chi connectivity index (χ2v) is 20.5. The van der Waals surface area contributed by atoms with Gasteiger partial charge in [0.2, 0.25) is 0 Å². The Morgan fingerprint density at radius 1 is 0.551 bits per heavy atom. The molecule has 0 amide bonds. The summed E-state index contributed by atoms with van der Waals surface area (Å²) in [6.07, 6.45) is 12.2. The van der Waals surface area contributed by atoms with Crippen LogP contribution in [0.1, 0.15) is 50.7 Å². The number of allylic oxidation sites excluding steroid dienone is 2. The Bertz CT molecular complexity index is 4120. The fourth-order valence-corrected chi connectivity index (χ4v) is 6.99. The van der Waals surface area contributed by atoms with Crippen molar-refractivity contribution in [1.82, 2.24) is 39.7 Å². The predicted molar refractivity (Wildman–Crippen MR) is 335 cm³/mol. The summed E-state index contributed by atoms with van der Waals surface area (Å²) in [5, 5.41) is 30.4. The number of aromatic nitrogens is 8. The molecule has 0 bridgehead atoms. The SMILES string of the molecule is CC(C)C(O)=CC(=O)C(C)(C)C.CN(C)c1ccnc(-c2[c-]cc(F)nc2F)c1.Fc1c[c-]c(-c2ccccn2)c(F)c1.Fc1c[c-]c(-n2cccn2)c(F)c1.O=C(O)c1ccccn1.OCc1ccnc(-c2[c-]cc(F)cc2F)c1.[Ir].[Ir].[Ir].[Ir].[Ir].[c-]1ccccc1-c1ccccn1.